The topological polar surface area (TPSA) is 52.3 Å². The Morgan fingerprint density at radius 2 is 2.09 bits per heavy atom. The number of halogens is 2. The van der Waals surface area contributed by atoms with Gasteiger partial charge in [0.1, 0.15) is 18.1 Å². The lowest BCUT2D eigenvalue weighted by Crippen LogP contribution is -2.08. The number of benzene rings is 2. The van der Waals surface area contributed by atoms with Crippen LogP contribution < -0.4 is 0 Å². The number of rotatable bonds is 4. The highest BCUT2D eigenvalue weighted by molar-refractivity contribution is 9.10. The van der Waals surface area contributed by atoms with E-state index in [0.717, 1.165) is 5.39 Å². The summed E-state index contributed by atoms with van der Waals surface area (Å²) in [7, 11) is 0. The Balaban J connectivity index is 1.65. The fourth-order valence-electron chi connectivity index (χ4n) is 2.05. The van der Waals surface area contributed by atoms with Gasteiger partial charge in [-0.25, -0.2) is 4.39 Å². The molecule has 0 spiro atoms. The highest BCUT2D eigenvalue weighted by atomic mass is 79.9. The molecule has 0 fully saturated rings. The average molecular weight is 364 g/mol. The number of fused-ring (bicyclic) bond motifs is 1. The van der Waals surface area contributed by atoms with Gasteiger partial charge in [-0.3, -0.25) is 4.79 Å². The van der Waals surface area contributed by atoms with Gasteiger partial charge in [0.05, 0.1) is 6.42 Å². The molecule has 4 nitrogen and oxygen atoms in total. The van der Waals surface area contributed by atoms with Crippen molar-refractivity contribution in [2.45, 2.75) is 13.0 Å². The predicted molar refractivity (Wildman–Crippen MR) is 81.6 cm³/mol. The number of esters is 1. The Hall–Kier alpha value is -2.21. The van der Waals surface area contributed by atoms with Crippen molar-refractivity contribution < 1.29 is 18.4 Å². The van der Waals surface area contributed by atoms with Gasteiger partial charge in [-0.1, -0.05) is 39.3 Å². The third kappa shape index (κ3) is 3.17. The van der Waals surface area contributed by atoms with Gasteiger partial charge in [0.15, 0.2) is 5.58 Å². The van der Waals surface area contributed by atoms with E-state index in [9.17, 15) is 9.18 Å². The molecule has 1 heterocycles. The van der Waals surface area contributed by atoms with Crippen LogP contribution in [0.1, 0.15) is 11.3 Å². The molecule has 0 saturated heterocycles. The zero-order valence-electron chi connectivity index (χ0n) is 11.4. The lowest BCUT2D eigenvalue weighted by Gasteiger charge is -2.06. The Bertz CT molecular complexity index is 831. The van der Waals surface area contributed by atoms with Crippen LogP contribution in [0.4, 0.5) is 4.39 Å². The summed E-state index contributed by atoms with van der Waals surface area (Å²) < 4.78 is 23.9. The molecule has 0 amide bonds. The number of hydrogen-bond acceptors (Lipinski definition) is 4. The summed E-state index contributed by atoms with van der Waals surface area (Å²) in [4.78, 5) is 11.9. The Labute approximate surface area is 134 Å². The van der Waals surface area contributed by atoms with E-state index in [4.69, 9.17) is 9.26 Å². The smallest absolute Gasteiger partial charge is 0.312 e. The first-order chi connectivity index (χ1) is 10.6. The van der Waals surface area contributed by atoms with Crippen LogP contribution in [0, 0.1) is 5.82 Å². The van der Waals surface area contributed by atoms with Gasteiger partial charge in [-0.05, 0) is 24.3 Å². The lowest BCUT2D eigenvalue weighted by molar-refractivity contribution is -0.144. The summed E-state index contributed by atoms with van der Waals surface area (Å²) in [6.07, 6.45) is 0.0236. The third-order valence-electron chi connectivity index (χ3n) is 3.17. The van der Waals surface area contributed by atoms with Gasteiger partial charge in [0, 0.05) is 15.4 Å². The molecule has 112 valence electrons. The normalized spacial score (nSPS) is 10.8. The predicted octanol–water partition coefficient (Wildman–Crippen LogP) is 4.02. The van der Waals surface area contributed by atoms with Crippen LogP contribution >= 0.6 is 15.9 Å². The Morgan fingerprint density at radius 1 is 1.27 bits per heavy atom. The molecule has 22 heavy (non-hydrogen) atoms. The van der Waals surface area contributed by atoms with Crippen LogP contribution in [0.25, 0.3) is 11.0 Å². The molecule has 0 radical (unpaired) electrons. The fourth-order valence-corrected chi connectivity index (χ4v) is 2.52. The van der Waals surface area contributed by atoms with Gasteiger partial charge in [-0.15, -0.1) is 0 Å². The first-order valence-corrected chi connectivity index (χ1v) is 7.35. The van der Waals surface area contributed by atoms with Gasteiger partial charge in [0.25, 0.3) is 0 Å². The van der Waals surface area contributed by atoms with Crippen LogP contribution in [0.5, 0.6) is 0 Å². The summed E-state index contributed by atoms with van der Waals surface area (Å²) in [5.41, 5.74) is 1.87. The van der Waals surface area contributed by atoms with Crippen molar-refractivity contribution in [2.24, 2.45) is 0 Å². The molecule has 0 bridgehead atoms. The molecular weight excluding hydrogens is 353 g/mol. The van der Waals surface area contributed by atoms with Gasteiger partial charge < -0.3 is 9.26 Å². The highest BCUT2D eigenvalue weighted by Crippen LogP contribution is 2.20. The second kappa shape index (κ2) is 6.27. The molecule has 6 heteroatoms. The molecule has 3 aromatic rings. The second-order valence-corrected chi connectivity index (χ2v) is 5.55. The number of para-hydroxylation sites is 1. The summed E-state index contributed by atoms with van der Waals surface area (Å²) in [5.74, 6) is -0.772. The van der Waals surface area contributed by atoms with Crippen LogP contribution in [-0.4, -0.2) is 11.1 Å². The number of aromatic nitrogens is 1. The quantitative estimate of drug-likeness (QED) is 0.657. The fraction of sp³-hybridized carbons (Fsp3) is 0.125. The maximum absolute atomic E-state index is 13.0. The first kappa shape index (κ1) is 14.7. The zero-order chi connectivity index (χ0) is 15.5. The zero-order valence-corrected chi connectivity index (χ0v) is 13.0. The van der Waals surface area contributed by atoms with E-state index >= 15 is 0 Å². The minimum Gasteiger partial charge on any atom is -0.460 e. The summed E-state index contributed by atoms with van der Waals surface area (Å²) >= 11 is 3.23. The highest BCUT2D eigenvalue weighted by Gasteiger charge is 2.13. The summed E-state index contributed by atoms with van der Waals surface area (Å²) in [6.45, 7) is 0.0650. The van der Waals surface area contributed by atoms with Gasteiger partial charge in [0.2, 0.25) is 0 Å². The standard InChI is InChI=1S/C16H11BrFNO3/c17-13-7-11(18)6-5-10(13)9-21-16(20)8-14-12-3-1-2-4-15(12)22-19-14/h1-7H,8-9H2. The molecule has 0 aliphatic heterocycles. The monoisotopic (exact) mass is 363 g/mol. The number of nitrogens with zero attached hydrogens (tertiary/aromatic N) is 1. The molecule has 0 aliphatic carbocycles. The van der Waals surface area contributed by atoms with Gasteiger partial charge >= 0.3 is 5.97 Å². The second-order valence-electron chi connectivity index (χ2n) is 4.70. The first-order valence-electron chi connectivity index (χ1n) is 6.56. The van der Waals surface area contributed by atoms with Crippen LogP contribution in [0.2, 0.25) is 0 Å². The SMILES string of the molecule is O=C(Cc1noc2ccccc12)OCc1ccc(F)cc1Br. The van der Waals surface area contributed by atoms with Crippen molar-refractivity contribution in [1.82, 2.24) is 5.16 Å². The van der Waals surface area contributed by atoms with Crippen molar-refractivity contribution >= 4 is 32.9 Å². The van der Waals surface area contributed by atoms with Crippen molar-refractivity contribution in [3.05, 3.63) is 64.0 Å². The van der Waals surface area contributed by atoms with Crippen molar-refractivity contribution in [2.75, 3.05) is 0 Å². The van der Waals surface area contributed by atoms with E-state index < -0.39 is 5.97 Å². The van der Waals surface area contributed by atoms with E-state index in [2.05, 4.69) is 21.1 Å². The molecule has 2 aromatic carbocycles. The van der Waals surface area contributed by atoms with Crippen LogP contribution in [0.3, 0.4) is 0 Å². The average Bonchev–Trinajstić information content (AvgIpc) is 2.90. The molecule has 1 aromatic heterocycles. The maximum atomic E-state index is 13.0. The van der Waals surface area contributed by atoms with Crippen LogP contribution in [-0.2, 0) is 22.6 Å². The molecule has 0 unspecified atom stereocenters. The third-order valence-corrected chi connectivity index (χ3v) is 3.91. The largest absolute Gasteiger partial charge is 0.460 e. The minimum atomic E-state index is -0.421. The van der Waals surface area contributed by atoms with E-state index in [1.165, 1.54) is 12.1 Å². The van der Waals surface area contributed by atoms with E-state index in [1.807, 2.05) is 18.2 Å². The van der Waals surface area contributed by atoms with Crippen molar-refractivity contribution in [1.29, 1.82) is 0 Å². The number of carbonyl (C=O) groups excluding carboxylic acids is 1. The number of hydrogen-bond donors (Lipinski definition) is 0. The number of carbonyl (C=O) groups is 1. The summed E-state index contributed by atoms with van der Waals surface area (Å²) in [5, 5.41) is 4.68. The molecule has 3 rings (SSSR count). The molecule has 0 atom stereocenters. The van der Waals surface area contributed by atoms with Crippen molar-refractivity contribution in [3.63, 3.8) is 0 Å². The molecular formula is C16H11BrFNO3. The minimum absolute atomic E-state index is 0.0236. The number of ether oxygens (including phenoxy) is 1. The van der Waals surface area contributed by atoms with E-state index in [0.29, 0.717) is 21.3 Å². The molecule has 0 N–H and O–H groups in total. The van der Waals surface area contributed by atoms with Crippen molar-refractivity contribution in [3.8, 4) is 0 Å². The Kier molecular flexibility index (Phi) is 4.20. The summed E-state index contributed by atoms with van der Waals surface area (Å²) in [6, 6.07) is 11.5. The van der Waals surface area contributed by atoms with E-state index in [-0.39, 0.29) is 18.8 Å². The van der Waals surface area contributed by atoms with Gasteiger partial charge in [-0.2, -0.15) is 0 Å². The molecule has 0 aliphatic rings. The molecule has 0 saturated carbocycles. The van der Waals surface area contributed by atoms with E-state index in [1.54, 1.807) is 12.1 Å². The Morgan fingerprint density at radius 3 is 2.91 bits per heavy atom. The lowest BCUT2D eigenvalue weighted by atomic mass is 10.2. The maximum Gasteiger partial charge on any atom is 0.312 e. The van der Waals surface area contributed by atoms with Crippen LogP contribution in [0.15, 0.2) is 51.5 Å².